The van der Waals surface area contributed by atoms with Crippen molar-refractivity contribution in [2.24, 2.45) is 0 Å². The van der Waals surface area contributed by atoms with E-state index in [-0.39, 0.29) is 11.2 Å². The number of imidazole rings is 1. The maximum absolute atomic E-state index is 10.9. The first-order valence-corrected chi connectivity index (χ1v) is 7.70. The maximum Gasteiger partial charge on any atom is 0.327 e. The minimum absolute atomic E-state index is 0.277. The summed E-state index contributed by atoms with van der Waals surface area (Å²) in [4.78, 5) is 32.3. The van der Waals surface area contributed by atoms with Crippen molar-refractivity contribution >= 4 is 11.2 Å². The van der Waals surface area contributed by atoms with E-state index < -0.39 is 11.2 Å². The lowest BCUT2D eigenvalue weighted by Gasteiger charge is -2.19. The Balaban J connectivity index is 0.000000129. The largest absolute Gasteiger partial charge is 0.457 e. The zero-order chi connectivity index (χ0) is 17.2. The Morgan fingerprint density at radius 2 is 1.52 bits per heavy atom. The van der Waals surface area contributed by atoms with Gasteiger partial charge in [0.2, 0.25) is 0 Å². The number of fused-ring (bicyclic) bond motifs is 3. The first-order chi connectivity index (χ1) is 12.2. The molecule has 7 heteroatoms. The van der Waals surface area contributed by atoms with Gasteiger partial charge in [-0.2, -0.15) is 0 Å². The Morgan fingerprint density at radius 3 is 2.20 bits per heavy atom. The van der Waals surface area contributed by atoms with E-state index in [0.717, 1.165) is 17.9 Å². The molecule has 2 aromatic heterocycles. The number of nitrogens with one attached hydrogen (secondary N) is 3. The molecule has 1 aliphatic rings. The van der Waals surface area contributed by atoms with Crippen molar-refractivity contribution in [3.63, 3.8) is 0 Å². The topological polar surface area (TPSA) is 104 Å². The molecule has 0 aliphatic carbocycles. The predicted molar refractivity (Wildman–Crippen MR) is 93.1 cm³/mol. The molecule has 1 aliphatic heterocycles. The van der Waals surface area contributed by atoms with E-state index in [1.54, 1.807) is 0 Å². The van der Waals surface area contributed by atoms with Gasteiger partial charge in [0, 0.05) is 6.42 Å². The van der Waals surface area contributed by atoms with Crippen LogP contribution in [0.15, 0.2) is 64.4 Å². The lowest BCUT2D eigenvalue weighted by molar-refractivity contribution is 0.460. The van der Waals surface area contributed by atoms with Crippen LogP contribution in [0.1, 0.15) is 11.1 Å². The van der Waals surface area contributed by atoms with E-state index in [4.69, 9.17) is 4.74 Å². The van der Waals surface area contributed by atoms with E-state index in [2.05, 4.69) is 44.2 Å². The van der Waals surface area contributed by atoms with Gasteiger partial charge in [0.1, 0.15) is 17.0 Å². The molecule has 0 radical (unpaired) electrons. The van der Waals surface area contributed by atoms with Crippen molar-refractivity contribution < 1.29 is 4.74 Å². The van der Waals surface area contributed by atoms with Gasteiger partial charge in [-0.1, -0.05) is 36.4 Å². The van der Waals surface area contributed by atoms with Crippen molar-refractivity contribution in [1.29, 1.82) is 0 Å². The molecular formula is C18H14N4O3. The standard InChI is InChI=1S/C13H10O.C5H4N4O2/c1-3-7-12-10(5-1)9-11-6-2-4-8-13(11)14-12;10-4-2-3(7-1-6-2)8-5(11)9-4/h1-8H,9H2;1H,(H3,6,7,8,9,10,11). The summed E-state index contributed by atoms with van der Waals surface area (Å²) >= 11 is 0. The molecule has 2 aromatic carbocycles. The van der Waals surface area contributed by atoms with E-state index in [1.165, 1.54) is 17.5 Å². The van der Waals surface area contributed by atoms with E-state index in [9.17, 15) is 9.59 Å². The normalized spacial score (nSPS) is 11.7. The molecule has 3 N–H and O–H groups in total. The van der Waals surface area contributed by atoms with Gasteiger partial charge in [-0.25, -0.2) is 9.78 Å². The molecule has 0 atom stereocenters. The molecule has 4 aromatic rings. The van der Waals surface area contributed by atoms with Crippen LogP contribution >= 0.6 is 0 Å². The van der Waals surface area contributed by atoms with Crippen molar-refractivity contribution in [3.05, 3.63) is 86.8 Å². The number of nitrogens with zero attached hydrogens (tertiary/aromatic N) is 1. The molecule has 0 saturated heterocycles. The van der Waals surface area contributed by atoms with Gasteiger partial charge in [-0.15, -0.1) is 0 Å². The molecule has 7 nitrogen and oxygen atoms in total. The summed E-state index contributed by atoms with van der Waals surface area (Å²) < 4.78 is 5.78. The van der Waals surface area contributed by atoms with Crippen LogP contribution in [0.5, 0.6) is 11.5 Å². The highest BCUT2D eigenvalue weighted by Gasteiger charge is 2.14. The van der Waals surface area contributed by atoms with Crippen molar-refractivity contribution in [2.45, 2.75) is 6.42 Å². The lowest BCUT2D eigenvalue weighted by Crippen LogP contribution is -2.21. The average Bonchev–Trinajstić information content (AvgIpc) is 3.09. The fourth-order valence-corrected chi connectivity index (χ4v) is 2.69. The van der Waals surface area contributed by atoms with Crippen LogP contribution in [-0.4, -0.2) is 19.9 Å². The summed E-state index contributed by atoms with van der Waals surface area (Å²) in [5, 5.41) is 0. The zero-order valence-electron chi connectivity index (χ0n) is 13.1. The number of benzene rings is 2. The molecule has 5 rings (SSSR count). The summed E-state index contributed by atoms with van der Waals surface area (Å²) in [6.07, 6.45) is 2.32. The van der Waals surface area contributed by atoms with Gasteiger partial charge in [0.15, 0.2) is 5.65 Å². The number of ether oxygens (including phenoxy) is 1. The first kappa shape index (κ1) is 14.9. The Hall–Kier alpha value is -3.61. The number of aromatic amines is 3. The van der Waals surface area contributed by atoms with Crippen LogP contribution in [0.2, 0.25) is 0 Å². The molecule has 0 bridgehead atoms. The first-order valence-electron chi connectivity index (χ1n) is 7.70. The minimum Gasteiger partial charge on any atom is -0.457 e. The summed E-state index contributed by atoms with van der Waals surface area (Å²) in [5.41, 5.74) is 2.09. The number of aromatic nitrogens is 4. The Morgan fingerprint density at radius 1 is 0.880 bits per heavy atom. The third-order valence-corrected chi connectivity index (χ3v) is 3.87. The molecule has 0 spiro atoms. The van der Waals surface area contributed by atoms with Crippen molar-refractivity contribution in [3.8, 4) is 11.5 Å². The third kappa shape index (κ3) is 2.94. The van der Waals surface area contributed by atoms with Gasteiger partial charge in [0.05, 0.1) is 6.33 Å². The molecule has 0 unspecified atom stereocenters. The smallest absolute Gasteiger partial charge is 0.327 e. The minimum atomic E-state index is -0.547. The van der Waals surface area contributed by atoms with Gasteiger partial charge < -0.3 is 9.72 Å². The van der Waals surface area contributed by atoms with Crippen LogP contribution in [0.25, 0.3) is 11.2 Å². The van der Waals surface area contributed by atoms with Crippen LogP contribution in [0, 0.1) is 0 Å². The molecule has 0 saturated carbocycles. The Labute approximate surface area is 141 Å². The fraction of sp³-hybridized carbons (Fsp3) is 0.0556. The average molecular weight is 334 g/mol. The van der Waals surface area contributed by atoms with Crippen LogP contribution in [-0.2, 0) is 6.42 Å². The summed E-state index contributed by atoms with van der Waals surface area (Å²) in [6, 6.07) is 16.4. The van der Waals surface area contributed by atoms with E-state index in [1.807, 2.05) is 24.3 Å². The predicted octanol–water partition coefficient (Wildman–Crippen LogP) is 2.32. The number of para-hydroxylation sites is 2. The number of hydrogen-bond donors (Lipinski definition) is 3. The number of hydrogen-bond acceptors (Lipinski definition) is 4. The summed E-state index contributed by atoms with van der Waals surface area (Å²) in [5.74, 6) is 1.98. The van der Waals surface area contributed by atoms with E-state index in [0.29, 0.717) is 0 Å². The molecule has 25 heavy (non-hydrogen) atoms. The molecule has 0 amide bonds. The monoisotopic (exact) mass is 334 g/mol. The highest BCUT2D eigenvalue weighted by atomic mass is 16.5. The highest BCUT2D eigenvalue weighted by Crippen LogP contribution is 2.35. The molecule has 124 valence electrons. The highest BCUT2D eigenvalue weighted by molar-refractivity contribution is 5.67. The van der Waals surface area contributed by atoms with Gasteiger partial charge in [0.25, 0.3) is 5.56 Å². The van der Waals surface area contributed by atoms with Crippen molar-refractivity contribution in [2.75, 3.05) is 0 Å². The van der Waals surface area contributed by atoms with E-state index >= 15 is 0 Å². The van der Waals surface area contributed by atoms with Crippen LogP contribution in [0.3, 0.4) is 0 Å². The zero-order valence-corrected chi connectivity index (χ0v) is 13.1. The van der Waals surface area contributed by atoms with Gasteiger partial charge in [-0.3, -0.25) is 14.8 Å². The van der Waals surface area contributed by atoms with Crippen LogP contribution < -0.4 is 16.0 Å². The second-order valence-corrected chi connectivity index (χ2v) is 5.53. The SMILES string of the molecule is O=c1[nH]c(=O)c2[nH]cnc2[nH]1.c1ccc2c(c1)Cc1ccccc1O2. The fourth-order valence-electron chi connectivity index (χ4n) is 2.69. The van der Waals surface area contributed by atoms with Crippen molar-refractivity contribution in [1.82, 2.24) is 19.9 Å². The Bertz CT molecular complexity index is 1070. The second-order valence-electron chi connectivity index (χ2n) is 5.53. The summed E-state index contributed by atoms with van der Waals surface area (Å²) in [7, 11) is 0. The molecule has 3 heterocycles. The second kappa shape index (κ2) is 6.12. The summed E-state index contributed by atoms with van der Waals surface area (Å²) in [6.45, 7) is 0. The van der Waals surface area contributed by atoms with Gasteiger partial charge in [-0.05, 0) is 23.3 Å². The van der Waals surface area contributed by atoms with Crippen LogP contribution in [0.4, 0.5) is 0 Å². The number of rotatable bonds is 0. The third-order valence-electron chi connectivity index (χ3n) is 3.87. The van der Waals surface area contributed by atoms with Gasteiger partial charge >= 0.3 is 5.69 Å². The lowest BCUT2D eigenvalue weighted by atomic mass is 10.0. The maximum atomic E-state index is 10.9. The molecular weight excluding hydrogens is 320 g/mol. The Kier molecular flexibility index (Phi) is 3.66. The molecule has 0 fully saturated rings. The quantitative estimate of drug-likeness (QED) is 0.404. The number of H-pyrrole nitrogens is 3.